The van der Waals surface area contributed by atoms with Gasteiger partial charge in [0.05, 0.1) is 17.6 Å². The first-order valence-electron chi connectivity index (χ1n) is 11.1. The summed E-state index contributed by atoms with van der Waals surface area (Å²) in [6, 6.07) is 11.1. The Hall–Kier alpha value is -3.76. The molecule has 3 heterocycles. The average Bonchev–Trinajstić information content (AvgIpc) is 3.44. The number of carbonyl (C=O) groups excluding carboxylic acids is 2. The second-order valence-electron chi connectivity index (χ2n) is 8.44. The fourth-order valence-corrected chi connectivity index (χ4v) is 5.71. The van der Waals surface area contributed by atoms with E-state index in [9.17, 15) is 9.59 Å². The molecule has 2 aromatic carbocycles. The topological polar surface area (TPSA) is 115 Å². The quantitative estimate of drug-likeness (QED) is 0.478. The van der Waals surface area contributed by atoms with Gasteiger partial charge in [-0.15, -0.1) is 11.3 Å². The van der Waals surface area contributed by atoms with Crippen LogP contribution in [0.1, 0.15) is 42.9 Å². The number of amides is 2. The van der Waals surface area contributed by atoms with Gasteiger partial charge in [-0.05, 0) is 49.7 Å². The van der Waals surface area contributed by atoms with Crippen molar-refractivity contribution in [2.24, 2.45) is 5.73 Å². The normalized spacial score (nSPS) is 16.5. The molecule has 1 atom stereocenters. The predicted molar refractivity (Wildman–Crippen MR) is 134 cm³/mol. The molecule has 0 radical (unpaired) electrons. The monoisotopic (exact) mass is 494 g/mol. The van der Waals surface area contributed by atoms with E-state index in [-0.39, 0.29) is 18.9 Å². The predicted octanol–water partition coefficient (Wildman–Crippen LogP) is 3.74. The van der Waals surface area contributed by atoms with Crippen LogP contribution >= 0.6 is 11.3 Å². The lowest BCUT2D eigenvalue weighted by Gasteiger charge is -2.36. The number of anilines is 2. The third kappa shape index (κ3) is 4.04. The fourth-order valence-electron chi connectivity index (χ4n) is 4.58. The van der Waals surface area contributed by atoms with Gasteiger partial charge in [0.25, 0.3) is 11.8 Å². The van der Waals surface area contributed by atoms with Crippen LogP contribution in [0.2, 0.25) is 0 Å². The molecule has 0 spiro atoms. The van der Waals surface area contributed by atoms with Crippen molar-refractivity contribution in [2.75, 3.05) is 38.1 Å². The summed E-state index contributed by atoms with van der Waals surface area (Å²) in [6.45, 7) is 2.64. The molecule has 3 aromatic rings. The van der Waals surface area contributed by atoms with Crippen LogP contribution in [0.3, 0.4) is 0 Å². The Morgan fingerprint density at radius 3 is 2.71 bits per heavy atom. The van der Waals surface area contributed by atoms with Gasteiger partial charge in [-0.3, -0.25) is 14.5 Å². The van der Waals surface area contributed by atoms with Crippen molar-refractivity contribution in [2.45, 2.75) is 19.5 Å². The van der Waals surface area contributed by atoms with Gasteiger partial charge in [-0.1, -0.05) is 18.2 Å². The molecular weight excluding hydrogens is 468 g/mol. The summed E-state index contributed by atoms with van der Waals surface area (Å²) in [5, 5.41) is 6.88. The standard InChI is InChI=1S/C25H26N4O5S/c1-13-17(22(26)30)25(35-21(13)24(31)27-15-7-5-4-6-8-15)28-23-18-14(9-10-29(23)2)11-16-19(20(18)32-3)34-12-33-16/h4-8,11,23,28H,9-10,12H2,1-3H3,(H2,26,30)(H,27,31)/t23-/m1/s1. The van der Waals surface area contributed by atoms with Crippen molar-refractivity contribution in [1.29, 1.82) is 0 Å². The third-order valence-corrected chi connectivity index (χ3v) is 7.52. The SMILES string of the molecule is COc1c2c(cc3c1[C@H](Nc1sc(C(=O)Nc4ccccc4)c(C)c1C(N)=O)N(C)CC3)OCO2. The zero-order valence-electron chi connectivity index (χ0n) is 19.6. The summed E-state index contributed by atoms with van der Waals surface area (Å²) in [7, 11) is 3.58. The van der Waals surface area contributed by atoms with Crippen molar-refractivity contribution >= 4 is 33.8 Å². The van der Waals surface area contributed by atoms with E-state index in [0.29, 0.717) is 43.9 Å². The van der Waals surface area contributed by atoms with Crippen LogP contribution in [0, 0.1) is 6.92 Å². The van der Waals surface area contributed by atoms with E-state index in [1.54, 1.807) is 26.2 Å². The minimum Gasteiger partial charge on any atom is -0.492 e. The summed E-state index contributed by atoms with van der Waals surface area (Å²) in [4.78, 5) is 28.1. The number of ether oxygens (including phenoxy) is 3. The number of benzene rings is 2. The minimum absolute atomic E-state index is 0.137. The molecule has 1 aromatic heterocycles. The Balaban J connectivity index is 1.54. The number of rotatable bonds is 6. The van der Waals surface area contributed by atoms with Gasteiger partial charge in [0, 0.05) is 17.8 Å². The second kappa shape index (κ2) is 9.12. The maximum Gasteiger partial charge on any atom is 0.266 e. The molecule has 0 aliphatic carbocycles. The maximum absolute atomic E-state index is 13.1. The molecule has 0 bridgehead atoms. The number of thiophene rings is 1. The first-order valence-corrected chi connectivity index (χ1v) is 12.0. The summed E-state index contributed by atoms with van der Waals surface area (Å²) in [5.41, 5.74) is 9.24. The zero-order valence-corrected chi connectivity index (χ0v) is 20.5. The van der Waals surface area contributed by atoms with E-state index in [4.69, 9.17) is 19.9 Å². The highest BCUT2D eigenvalue weighted by Gasteiger charge is 2.35. The lowest BCUT2D eigenvalue weighted by atomic mass is 9.95. The number of nitrogens with one attached hydrogen (secondary N) is 2. The van der Waals surface area contributed by atoms with E-state index in [2.05, 4.69) is 15.5 Å². The van der Waals surface area contributed by atoms with Crippen LogP contribution in [-0.4, -0.2) is 44.2 Å². The van der Waals surface area contributed by atoms with Crippen molar-refractivity contribution in [1.82, 2.24) is 4.90 Å². The molecule has 0 fully saturated rings. The van der Waals surface area contributed by atoms with Gasteiger partial charge in [-0.2, -0.15) is 0 Å². The van der Waals surface area contributed by atoms with Crippen LogP contribution in [-0.2, 0) is 6.42 Å². The highest BCUT2D eigenvalue weighted by molar-refractivity contribution is 7.18. The molecule has 10 heteroatoms. The number of nitrogens with zero attached hydrogens (tertiary/aromatic N) is 1. The Bertz CT molecular complexity index is 1310. The van der Waals surface area contributed by atoms with Crippen molar-refractivity contribution in [3.05, 3.63) is 63.5 Å². The highest BCUT2D eigenvalue weighted by atomic mass is 32.1. The third-order valence-electron chi connectivity index (χ3n) is 6.29. The number of primary amides is 1. The van der Waals surface area contributed by atoms with Crippen LogP contribution in [0.5, 0.6) is 17.2 Å². The van der Waals surface area contributed by atoms with Crippen LogP contribution < -0.4 is 30.6 Å². The highest BCUT2D eigenvalue weighted by Crippen LogP contribution is 2.50. The zero-order chi connectivity index (χ0) is 24.7. The molecule has 0 unspecified atom stereocenters. The Kier molecular flexibility index (Phi) is 6.00. The number of para-hydroxylation sites is 1. The van der Waals surface area contributed by atoms with E-state index < -0.39 is 5.91 Å². The number of likely N-dealkylation sites (N-methyl/N-ethyl adjacent to an activating group) is 1. The van der Waals surface area contributed by atoms with E-state index in [0.717, 1.165) is 24.1 Å². The summed E-state index contributed by atoms with van der Waals surface area (Å²) >= 11 is 1.20. The van der Waals surface area contributed by atoms with Crippen molar-refractivity contribution < 1.29 is 23.8 Å². The minimum atomic E-state index is -0.601. The Labute approximate surface area is 206 Å². The molecule has 5 rings (SSSR count). The smallest absolute Gasteiger partial charge is 0.266 e. The molecule has 0 saturated heterocycles. The first-order chi connectivity index (χ1) is 16.9. The second-order valence-corrected chi connectivity index (χ2v) is 9.46. The van der Waals surface area contributed by atoms with Gasteiger partial charge in [-0.25, -0.2) is 0 Å². The molecular formula is C25H26N4O5S. The van der Waals surface area contributed by atoms with Crippen LogP contribution in [0.15, 0.2) is 36.4 Å². The van der Waals surface area contributed by atoms with Gasteiger partial charge in [0.15, 0.2) is 11.5 Å². The molecule has 35 heavy (non-hydrogen) atoms. The summed E-state index contributed by atoms with van der Waals surface area (Å²) in [5.74, 6) is 0.918. The van der Waals surface area contributed by atoms with Crippen LogP contribution in [0.25, 0.3) is 0 Å². The molecule has 9 nitrogen and oxygen atoms in total. The van der Waals surface area contributed by atoms with E-state index in [1.165, 1.54) is 11.3 Å². The van der Waals surface area contributed by atoms with Crippen molar-refractivity contribution in [3.63, 3.8) is 0 Å². The average molecular weight is 495 g/mol. The lowest BCUT2D eigenvalue weighted by molar-refractivity contribution is 0.100. The number of hydrogen-bond donors (Lipinski definition) is 3. The number of hydrogen-bond acceptors (Lipinski definition) is 8. The number of fused-ring (bicyclic) bond motifs is 2. The molecule has 2 amide bonds. The summed E-state index contributed by atoms with van der Waals surface area (Å²) in [6.07, 6.45) is 0.456. The molecule has 2 aliphatic rings. The molecule has 2 aliphatic heterocycles. The van der Waals surface area contributed by atoms with Gasteiger partial charge in [0.1, 0.15) is 11.2 Å². The van der Waals surface area contributed by atoms with Gasteiger partial charge < -0.3 is 30.6 Å². The fraction of sp³-hybridized carbons (Fsp3) is 0.280. The van der Waals surface area contributed by atoms with Crippen molar-refractivity contribution in [3.8, 4) is 17.2 Å². The van der Waals surface area contributed by atoms with Crippen LogP contribution in [0.4, 0.5) is 10.7 Å². The summed E-state index contributed by atoms with van der Waals surface area (Å²) < 4.78 is 17.0. The van der Waals surface area contributed by atoms with E-state index >= 15 is 0 Å². The molecule has 4 N–H and O–H groups in total. The molecule has 0 saturated carbocycles. The largest absolute Gasteiger partial charge is 0.492 e. The number of nitrogens with two attached hydrogens (primary N) is 1. The van der Waals surface area contributed by atoms with E-state index in [1.807, 2.05) is 31.3 Å². The number of methoxy groups -OCH3 is 1. The molecule has 182 valence electrons. The van der Waals surface area contributed by atoms with Gasteiger partial charge in [0.2, 0.25) is 12.5 Å². The lowest BCUT2D eigenvalue weighted by Crippen LogP contribution is -2.37. The maximum atomic E-state index is 13.1. The number of carbonyl (C=O) groups is 2. The Morgan fingerprint density at radius 2 is 2.00 bits per heavy atom. The Morgan fingerprint density at radius 1 is 1.23 bits per heavy atom. The van der Waals surface area contributed by atoms with Gasteiger partial charge >= 0.3 is 0 Å². The first kappa shape index (κ1) is 23.0.